The summed E-state index contributed by atoms with van der Waals surface area (Å²) in [6.45, 7) is -1.18. The van der Waals surface area contributed by atoms with Gasteiger partial charge in [-0.1, -0.05) is 17.7 Å². The number of pyridine rings is 1. The van der Waals surface area contributed by atoms with E-state index in [9.17, 15) is 13.6 Å². The van der Waals surface area contributed by atoms with E-state index in [-0.39, 0.29) is 22.9 Å². The molecule has 2 heterocycles. The summed E-state index contributed by atoms with van der Waals surface area (Å²) < 4.78 is 40.4. The fraction of sp³-hybridized carbons (Fsp3) is 0.429. The molecule has 1 aromatic heterocycles. The lowest BCUT2D eigenvalue weighted by Gasteiger charge is -2.41. The van der Waals surface area contributed by atoms with Crippen molar-refractivity contribution in [3.63, 3.8) is 0 Å². The summed E-state index contributed by atoms with van der Waals surface area (Å²) in [6.07, 6.45) is 3.26. The number of nitrogens with zero attached hydrogens (tertiary/aromatic N) is 2. The zero-order valence-electron chi connectivity index (χ0n) is 16.9. The van der Waals surface area contributed by atoms with Gasteiger partial charge in [0.15, 0.2) is 0 Å². The van der Waals surface area contributed by atoms with Crippen LogP contribution < -0.4 is 14.2 Å². The standard InChI is InChI=1S/C21H23ClF2N2O4/c1-12(13-10-14(22)20(25-11-13)30-21(23)24)26-15(6-4-9-18(26)27)19-16(28-2)7-5-8-17(19)29-3/h5,7-8,10-12,15,21H,4,6,9H2,1-3H3. The number of carbonyl (C=O) groups excluding carboxylic acids is 1. The number of methoxy groups -OCH3 is 2. The third kappa shape index (κ3) is 4.43. The molecule has 1 aliphatic rings. The van der Waals surface area contributed by atoms with Crippen molar-refractivity contribution < 1.29 is 27.8 Å². The molecule has 0 N–H and O–H groups in total. The van der Waals surface area contributed by atoms with Crippen LogP contribution in [0.25, 0.3) is 0 Å². The SMILES string of the molecule is COc1cccc(OC)c1C1CCCC(=O)N1C(C)c1cnc(OC(F)F)c(Cl)c1. The van der Waals surface area contributed by atoms with E-state index >= 15 is 0 Å². The molecule has 1 aromatic carbocycles. The highest BCUT2D eigenvalue weighted by atomic mass is 35.5. The maximum Gasteiger partial charge on any atom is 0.388 e. The molecule has 2 unspecified atom stereocenters. The molecule has 0 bridgehead atoms. The lowest BCUT2D eigenvalue weighted by molar-refractivity contribution is -0.139. The van der Waals surface area contributed by atoms with Gasteiger partial charge in [0.05, 0.1) is 31.9 Å². The highest BCUT2D eigenvalue weighted by Gasteiger charge is 2.36. The Bertz CT molecular complexity index is 890. The maximum atomic E-state index is 13.0. The molecule has 1 amide bonds. The van der Waals surface area contributed by atoms with Crippen molar-refractivity contribution in [2.45, 2.75) is 44.9 Å². The van der Waals surface area contributed by atoms with E-state index in [1.807, 2.05) is 25.1 Å². The van der Waals surface area contributed by atoms with Gasteiger partial charge in [-0.05, 0) is 43.5 Å². The van der Waals surface area contributed by atoms with E-state index in [0.717, 1.165) is 18.4 Å². The normalized spacial score (nSPS) is 17.8. The number of alkyl halides is 2. The average Bonchev–Trinajstić information content (AvgIpc) is 2.73. The van der Waals surface area contributed by atoms with E-state index in [2.05, 4.69) is 9.72 Å². The topological polar surface area (TPSA) is 60.9 Å². The predicted octanol–water partition coefficient (Wildman–Crippen LogP) is 5.17. The van der Waals surface area contributed by atoms with Crippen LogP contribution in [0.4, 0.5) is 8.78 Å². The third-order valence-corrected chi connectivity index (χ3v) is 5.49. The fourth-order valence-electron chi connectivity index (χ4n) is 3.87. The number of benzene rings is 1. The molecule has 6 nitrogen and oxygen atoms in total. The molecule has 1 fully saturated rings. The van der Waals surface area contributed by atoms with Crippen LogP contribution in [-0.4, -0.2) is 36.6 Å². The van der Waals surface area contributed by atoms with Crippen LogP contribution in [0.15, 0.2) is 30.5 Å². The highest BCUT2D eigenvalue weighted by molar-refractivity contribution is 6.31. The molecular formula is C21H23ClF2N2O4. The summed E-state index contributed by atoms with van der Waals surface area (Å²) in [5, 5.41) is -0.0458. The van der Waals surface area contributed by atoms with E-state index < -0.39 is 12.7 Å². The van der Waals surface area contributed by atoms with Gasteiger partial charge < -0.3 is 19.1 Å². The van der Waals surface area contributed by atoms with E-state index in [0.29, 0.717) is 23.5 Å². The third-order valence-electron chi connectivity index (χ3n) is 5.22. The quantitative estimate of drug-likeness (QED) is 0.594. The van der Waals surface area contributed by atoms with E-state index in [1.54, 1.807) is 19.1 Å². The lowest BCUT2D eigenvalue weighted by atomic mass is 9.90. The zero-order chi connectivity index (χ0) is 21.8. The number of hydrogen-bond acceptors (Lipinski definition) is 5. The molecule has 0 spiro atoms. The molecule has 30 heavy (non-hydrogen) atoms. The number of amides is 1. The monoisotopic (exact) mass is 440 g/mol. The van der Waals surface area contributed by atoms with Crippen LogP contribution in [-0.2, 0) is 4.79 Å². The molecule has 9 heteroatoms. The second-order valence-corrected chi connectivity index (χ2v) is 7.30. The van der Waals surface area contributed by atoms with Crippen molar-refractivity contribution in [1.82, 2.24) is 9.88 Å². The number of rotatable bonds is 7. The molecule has 0 radical (unpaired) electrons. The second-order valence-electron chi connectivity index (χ2n) is 6.90. The molecule has 2 aromatic rings. The number of piperidine rings is 1. The van der Waals surface area contributed by atoms with Crippen molar-refractivity contribution in [3.05, 3.63) is 46.6 Å². The second kappa shape index (κ2) is 9.47. The van der Waals surface area contributed by atoms with Crippen molar-refractivity contribution in [2.75, 3.05) is 14.2 Å². The number of carbonyl (C=O) groups is 1. The molecule has 1 saturated heterocycles. The van der Waals surface area contributed by atoms with Gasteiger partial charge in [0.2, 0.25) is 11.8 Å². The summed E-state index contributed by atoms with van der Waals surface area (Å²) in [6, 6.07) is 6.27. The van der Waals surface area contributed by atoms with Crippen molar-refractivity contribution in [2.24, 2.45) is 0 Å². The Morgan fingerprint density at radius 2 is 1.90 bits per heavy atom. The van der Waals surface area contributed by atoms with Gasteiger partial charge in [0.1, 0.15) is 16.5 Å². The number of halogens is 3. The van der Waals surface area contributed by atoms with E-state index in [4.69, 9.17) is 21.1 Å². The summed E-state index contributed by atoms with van der Waals surface area (Å²) >= 11 is 6.08. The number of aromatic nitrogens is 1. The van der Waals surface area contributed by atoms with Crippen molar-refractivity contribution in [1.29, 1.82) is 0 Å². The molecule has 3 rings (SSSR count). The van der Waals surface area contributed by atoms with Gasteiger partial charge in [-0.2, -0.15) is 8.78 Å². The first-order valence-electron chi connectivity index (χ1n) is 9.49. The minimum Gasteiger partial charge on any atom is -0.496 e. The van der Waals surface area contributed by atoms with Gasteiger partial charge in [-0.15, -0.1) is 0 Å². The summed E-state index contributed by atoms with van der Waals surface area (Å²) in [5.74, 6) is 0.873. The van der Waals surface area contributed by atoms with Crippen molar-refractivity contribution in [3.8, 4) is 17.4 Å². The van der Waals surface area contributed by atoms with Gasteiger partial charge >= 0.3 is 6.61 Å². The number of ether oxygens (including phenoxy) is 3. The highest BCUT2D eigenvalue weighted by Crippen LogP contribution is 2.45. The summed E-state index contributed by atoms with van der Waals surface area (Å²) in [5.41, 5.74) is 1.40. The zero-order valence-corrected chi connectivity index (χ0v) is 17.7. The van der Waals surface area contributed by atoms with Gasteiger partial charge in [-0.3, -0.25) is 4.79 Å². The smallest absolute Gasteiger partial charge is 0.388 e. The Morgan fingerprint density at radius 3 is 2.47 bits per heavy atom. The van der Waals surface area contributed by atoms with E-state index in [1.165, 1.54) is 12.3 Å². The van der Waals surface area contributed by atoms with Crippen LogP contribution in [0, 0.1) is 0 Å². The molecule has 0 saturated carbocycles. The Kier molecular flexibility index (Phi) is 6.97. The molecular weight excluding hydrogens is 418 g/mol. The van der Waals surface area contributed by atoms with Gasteiger partial charge in [-0.25, -0.2) is 4.98 Å². The molecule has 0 aliphatic carbocycles. The number of hydrogen-bond donors (Lipinski definition) is 0. The molecule has 1 aliphatic heterocycles. The first-order valence-corrected chi connectivity index (χ1v) is 9.87. The van der Waals surface area contributed by atoms with Gasteiger partial charge in [0, 0.05) is 12.6 Å². The number of likely N-dealkylation sites (tertiary alicyclic amines) is 1. The summed E-state index contributed by atoms with van der Waals surface area (Å²) in [4.78, 5) is 18.6. The summed E-state index contributed by atoms with van der Waals surface area (Å²) in [7, 11) is 3.14. The predicted molar refractivity (Wildman–Crippen MR) is 107 cm³/mol. The first kappa shape index (κ1) is 22.1. The van der Waals surface area contributed by atoms with Gasteiger partial charge in [0.25, 0.3) is 0 Å². The minimum atomic E-state index is -3.02. The Hall–Kier alpha value is -2.61. The largest absolute Gasteiger partial charge is 0.496 e. The van der Waals surface area contributed by atoms with Crippen LogP contribution in [0.3, 0.4) is 0 Å². The molecule has 2 atom stereocenters. The lowest BCUT2D eigenvalue weighted by Crippen LogP contribution is -2.40. The molecule has 162 valence electrons. The van der Waals surface area contributed by atoms with Crippen molar-refractivity contribution >= 4 is 17.5 Å². The first-order chi connectivity index (χ1) is 14.4. The van der Waals surface area contributed by atoms with Crippen LogP contribution in [0.1, 0.15) is 49.4 Å². The Morgan fingerprint density at radius 1 is 1.23 bits per heavy atom. The maximum absolute atomic E-state index is 13.0. The Balaban J connectivity index is 2.00. The average molecular weight is 441 g/mol. The Labute approximate surface area is 178 Å². The van der Waals surface area contributed by atoms with Crippen LogP contribution in [0.5, 0.6) is 17.4 Å². The fourth-order valence-corrected chi connectivity index (χ4v) is 4.09. The van der Waals surface area contributed by atoms with Crippen LogP contribution in [0.2, 0.25) is 5.02 Å². The minimum absolute atomic E-state index is 0.0317. The van der Waals surface area contributed by atoms with Crippen LogP contribution >= 0.6 is 11.6 Å².